The maximum Gasteiger partial charge on any atom is 0.128 e. The number of rotatable bonds is 5. The van der Waals surface area contributed by atoms with E-state index in [1.54, 1.807) is 19.3 Å². The molecule has 0 N–H and O–H groups in total. The van der Waals surface area contributed by atoms with E-state index in [9.17, 15) is 0 Å². The highest BCUT2D eigenvalue weighted by Crippen LogP contribution is 2.28. The number of benzene rings is 2. The summed E-state index contributed by atoms with van der Waals surface area (Å²) in [4.78, 5) is 0. The lowest BCUT2D eigenvalue weighted by Gasteiger charge is -2.09. The fraction of sp³-hybridized carbons (Fsp3) is 0.0588. The van der Waals surface area contributed by atoms with Crippen LogP contribution in [-0.2, 0) is 0 Å². The van der Waals surface area contributed by atoms with Gasteiger partial charge in [-0.25, -0.2) is 0 Å². The van der Waals surface area contributed by atoms with Gasteiger partial charge in [-0.15, -0.1) is 0 Å². The number of hydrogen-bond donors (Lipinski definition) is 0. The van der Waals surface area contributed by atoms with E-state index in [0.29, 0.717) is 0 Å². The van der Waals surface area contributed by atoms with Crippen molar-refractivity contribution in [2.24, 2.45) is 0 Å². The lowest BCUT2D eigenvalue weighted by molar-refractivity contribution is 0.412. The minimum absolute atomic E-state index is 0.747. The maximum atomic E-state index is 5.81. The molecule has 0 radical (unpaired) electrons. The van der Waals surface area contributed by atoms with Crippen molar-refractivity contribution in [3.05, 3.63) is 66.7 Å². The molecule has 0 saturated heterocycles. The van der Waals surface area contributed by atoms with Crippen LogP contribution in [0.2, 0.25) is 0 Å². The van der Waals surface area contributed by atoms with Crippen molar-refractivity contribution in [1.82, 2.24) is 0 Å². The van der Waals surface area contributed by atoms with Crippen LogP contribution < -0.4 is 9.47 Å². The largest absolute Gasteiger partial charge is 0.496 e. The van der Waals surface area contributed by atoms with Gasteiger partial charge in [-0.05, 0) is 35.9 Å². The van der Waals surface area contributed by atoms with Crippen molar-refractivity contribution in [3.63, 3.8) is 0 Å². The molecule has 0 aromatic heterocycles. The molecule has 0 unspecified atom stereocenters. The molecule has 0 fully saturated rings. The second kappa shape index (κ2) is 5.91. The third kappa shape index (κ3) is 3.05. The Labute approximate surface area is 113 Å². The van der Waals surface area contributed by atoms with Crippen LogP contribution >= 0.6 is 0 Å². The molecule has 0 heterocycles. The van der Waals surface area contributed by atoms with Gasteiger partial charge in [-0.3, -0.25) is 0 Å². The fourth-order valence-electron chi connectivity index (χ4n) is 1.78. The summed E-state index contributed by atoms with van der Waals surface area (Å²) in [5.74, 6) is 2.30. The molecule has 0 aliphatic carbocycles. The molecule has 0 atom stereocenters. The predicted octanol–water partition coefficient (Wildman–Crippen LogP) is 4.77. The van der Waals surface area contributed by atoms with Gasteiger partial charge in [0.25, 0.3) is 0 Å². The molecule has 0 aliphatic rings. The van der Waals surface area contributed by atoms with Crippen LogP contribution in [-0.4, -0.2) is 7.11 Å². The van der Waals surface area contributed by atoms with Crippen molar-refractivity contribution < 1.29 is 9.47 Å². The third-order valence-corrected chi connectivity index (χ3v) is 2.75. The van der Waals surface area contributed by atoms with Gasteiger partial charge in [0.15, 0.2) is 0 Å². The van der Waals surface area contributed by atoms with Gasteiger partial charge in [0.1, 0.15) is 17.2 Å². The molecule has 2 heteroatoms. The topological polar surface area (TPSA) is 18.5 Å². The highest BCUT2D eigenvalue weighted by atomic mass is 16.5. The summed E-state index contributed by atoms with van der Waals surface area (Å²) in [6.07, 6.45) is 3.53. The van der Waals surface area contributed by atoms with Crippen LogP contribution in [0.3, 0.4) is 0 Å². The normalized spacial score (nSPS) is 9.74. The molecule has 2 rings (SSSR count). The first kappa shape index (κ1) is 13.0. The number of hydrogen-bond acceptors (Lipinski definition) is 2. The maximum absolute atomic E-state index is 5.81. The van der Waals surface area contributed by atoms with Gasteiger partial charge in [0.05, 0.1) is 7.11 Å². The van der Waals surface area contributed by atoms with Gasteiger partial charge in [-0.2, -0.15) is 0 Å². The third-order valence-electron chi connectivity index (χ3n) is 2.75. The number of ether oxygens (including phenoxy) is 2. The van der Waals surface area contributed by atoms with Crippen LogP contribution in [0.4, 0.5) is 0 Å². The second-order valence-electron chi connectivity index (χ2n) is 3.99. The molecule has 0 amide bonds. The second-order valence-corrected chi connectivity index (χ2v) is 3.99. The van der Waals surface area contributed by atoms with E-state index in [0.717, 1.165) is 28.4 Å². The van der Waals surface area contributed by atoms with Crippen molar-refractivity contribution in [2.75, 3.05) is 7.11 Å². The van der Waals surface area contributed by atoms with Crippen molar-refractivity contribution in [1.29, 1.82) is 0 Å². The molecule has 0 saturated carbocycles. The molecule has 96 valence electrons. The first-order valence-electron chi connectivity index (χ1n) is 5.97. The fourth-order valence-corrected chi connectivity index (χ4v) is 1.78. The smallest absolute Gasteiger partial charge is 0.128 e. The quantitative estimate of drug-likeness (QED) is 0.762. The van der Waals surface area contributed by atoms with Gasteiger partial charge in [-0.1, -0.05) is 37.4 Å². The van der Waals surface area contributed by atoms with Gasteiger partial charge < -0.3 is 9.47 Å². The minimum atomic E-state index is 0.747. The zero-order valence-corrected chi connectivity index (χ0v) is 10.9. The predicted molar refractivity (Wildman–Crippen MR) is 79.7 cm³/mol. The molecular weight excluding hydrogens is 236 g/mol. The summed E-state index contributed by atoms with van der Waals surface area (Å²) >= 11 is 0. The summed E-state index contributed by atoms with van der Waals surface area (Å²) in [6.45, 7) is 7.51. The average Bonchev–Trinajstić information content (AvgIpc) is 2.47. The number of methoxy groups -OCH3 is 1. The Bertz CT molecular complexity index is 600. The van der Waals surface area contributed by atoms with Crippen molar-refractivity contribution in [2.45, 2.75) is 0 Å². The first-order chi connectivity index (χ1) is 9.26. The van der Waals surface area contributed by atoms with E-state index in [1.165, 1.54) is 0 Å². The zero-order valence-electron chi connectivity index (χ0n) is 10.9. The Morgan fingerprint density at radius 1 is 0.947 bits per heavy atom. The Kier molecular flexibility index (Phi) is 4.04. The summed E-state index contributed by atoms with van der Waals surface area (Å²) in [5, 5.41) is 0. The molecule has 0 bridgehead atoms. The van der Waals surface area contributed by atoms with Crippen molar-refractivity contribution in [3.8, 4) is 17.2 Å². The van der Waals surface area contributed by atoms with Crippen LogP contribution in [0.5, 0.6) is 17.2 Å². The van der Waals surface area contributed by atoms with Crippen LogP contribution in [0.1, 0.15) is 11.1 Å². The van der Waals surface area contributed by atoms with Gasteiger partial charge >= 0.3 is 0 Å². The minimum Gasteiger partial charge on any atom is -0.496 e. The molecule has 2 aromatic rings. The Balaban J connectivity index is 2.27. The Hall–Kier alpha value is -2.48. The summed E-state index contributed by atoms with van der Waals surface area (Å²) in [6, 6.07) is 13.4. The summed E-state index contributed by atoms with van der Waals surface area (Å²) in [7, 11) is 1.64. The molecular formula is C17H16O2. The average molecular weight is 252 g/mol. The van der Waals surface area contributed by atoms with E-state index in [-0.39, 0.29) is 0 Å². The Morgan fingerprint density at radius 2 is 1.74 bits per heavy atom. The first-order valence-corrected chi connectivity index (χ1v) is 5.97. The van der Waals surface area contributed by atoms with E-state index in [2.05, 4.69) is 13.2 Å². The molecule has 2 nitrogen and oxygen atoms in total. The highest BCUT2D eigenvalue weighted by Gasteiger charge is 2.03. The lowest BCUT2D eigenvalue weighted by atomic mass is 10.2. The molecule has 0 spiro atoms. The molecule has 2 aromatic carbocycles. The monoisotopic (exact) mass is 252 g/mol. The van der Waals surface area contributed by atoms with Crippen LogP contribution in [0.15, 0.2) is 55.6 Å². The van der Waals surface area contributed by atoms with Crippen LogP contribution in [0, 0.1) is 0 Å². The van der Waals surface area contributed by atoms with Gasteiger partial charge in [0.2, 0.25) is 0 Å². The van der Waals surface area contributed by atoms with Crippen LogP contribution in [0.25, 0.3) is 12.2 Å². The van der Waals surface area contributed by atoms with Gasteiger partial charge in [0, 0.05) is 5.56 Å². The highest BCUT2D eigenvalue weighted by molar-refractivity contribution is 5.58. The Morgan fingerprint density at radius 3 is 2.42 bits per heavy atom. The summed E-state index contributed by atoms with van der Waals surface area (Å²) in [5.41, 5.74) is 1.93. The SMILES string of the molecule is C=Cc1cccc(Oc2ccc(OC)c(C=C)c2)c1. The molecule has 0 aliphatic heterocycles. The molecule has 19 heavy (non-hydrogen) atoms. The lowest BCUT2D eigenvalue weighted by Crippen LogP contribution is -1.89. The van der Waals surface area contributed by atoms with Crippen molar-refractivity contribution >= 4 is 12.2 Å². The van der Waals surface area contributed by atoms with E-state index in [1.807, 2.05) is 42.5 Å². The van der Waals surface area contributed by atoms with E-state index in [4.69, 9.17) is 9.47 Å². The summed E-state index contributed by atoms with van der Waals surface area (Å²) < 4.78 is 11.0. The van der Waals surface area contributed by atoms with E-state index >= 15 is 0 Å². The standard InChI is InChI=1S/C17H16O2/c1-4-13-7-6-8-15(11-13)19-16-9-10-17(18-3)14(5-2)12-16/h4-12H,1-2H2,3H3. The zero-order chi connectivity index (χ0) is 13.7. The van der Waals surface area contributed by atoms with E-state index < -0.39 is 0 Å².